The number of likely N-dealkylation sites (N-methyl/N-ethyl adjacent to an activating group) is 1. The van der Waals surface area contributed by atoms with Gasteiger partial charge in [0.2, 0.25) is 27.7 Å². The number of ether oxygens (including phenoxy) is 2. The number of carbonyl (C=O) groups is 4. The number of amides is 4. The average molecular weight is 849 g/mol. The number of nitrogens with one attached hydrogen (secondary N) is 2. The van der Waals surface area contributed by atoms with E-state index in [0.717, 1.165) is 10.6 Å². The third-order valence-corrected chi connectivity index (χ3v) is 14.4. The summed E-state index contributed by atoms with van der Waals surface area (Å²) in [6.45, 7) is 5.55. The van der Waals surface area contributed by atoms with Crippen molar-refractivity contribution in [3.8, 4) is 11.6 Å². The van der Waals surface area contributed by atoms with Gasteiger partial charge in [-0.05, 0) is 82.4 Å². The van der Waals surface area contributed by atoms with Crippen LogP contribution in [0.25, 0.3) is 10.8 Å². The second kappa shape index (κ2) is 15.3. The average Bonchev–Trinajstić information content (AvgIpc) is 4.08. The van der Waals surface area contributed by atoms with Crippen LogP contribution in [-0.4, -0.2) is 120 Å². The van der Waals surface area contributed by atoms with Crippen molar-refractivity contribution in [3.63, 3.8) is 0 Å². The summed E-state index contributed by atoms with van der Waals surface area (Å²) in [4.78, 5) is 64.1. The Morgan fingerprint density at radius 2 is 1.83 bits per heavy atom. The van der Waals surface area contributed by atoms with Crippen molar-refractivity contribution in [1.29, 1.82) is 0 Å². The van der Waals surface area contributed by atoms with Crippen molar-refractivity contribution >= 4 is 50.3 Å². The van der Waals surface area contributed by atoms with Gasteiger partial charge in [0, 0.05) is 36.4 Å². The van der Waals surface area contributed by atoms with Crippen LogP contribution in [-0.2, 0) is 24.4 Å². The summed E-state index contributed by atoms with van der Waals surface area (Å²) in [7, 11) is -2.09. The number of carbonyl (C=O) groups excluding carboxylic acids is 3. The highest BCUT2D eigenvalue weighted by Crippen LogP contribution is 2.47. The van der Waals surface area contributed by atoms with E-state index in [1.807, 2.05) is 31.0 Å². The first-order chi connectivity index (χ1) is 27.7. The van der Waals surface area contributed by atoms with Crippen molar-refractivity contribution in [3.05, 3.63) is 36.5 Å². The Hall–Kier alpha value is -4.81. The number of aromatic nitrogens is 1. The Labute approximate surface area is 340 Å². The fourth-order valence-electron chi connectivity index (χ4n) is 8.78. The molecule has 0 unspecified atom stereocenters. The number of allylic oxidation sites excluding steroid dienone is 1. The summed E-state index contributed by atoms with van der Waals surface area (Å²) in [6, 6.07) is 2.05. The number of fused-ring (bicyclic) bond motifs is 5. The number of pyridine rings is 1. The Bertz CT molecular complexity index is 2170. The zero-order chi connectivity index (χ0) is 42.8. The van der Waals surface area contributed by atoms with Gasteiger partial charge < -0.3 is 29.7 Å². The van der Waals surface area contributed by atoms with Crippen LogP contribution in [0.15, 0.2) is 36.5 Å². The molecule has 4 amide bonds. The van der Waals surface area contributed by atoms with E-state index in [-0.39, 0.29) is 42.5 Å². The third kappa shape index (κ3) is 7.98. The summed E-state index contributed by atoms with van der Waals surface area (Å²) in [6.07, 6.45) is -1.20. The number of hydrogen-bond acceptors (Lipinski definition) is 10. The van der Waals surface area contributed by atoms with Crippen LogP contribution < -0.4 is 24.4 Å². The van der Waals surface area contributed by atoms with Crippen LogP contribution >= 0.6 is 0 Å². The standard InChI is InChI=1S/C40H51F3N6O9S/c1-22-8-6-7-9-24-20-39(24,36(52)46-59(55,56)26-10-11-26)45-33(50)30-19-25(58-34-28-12-13-29-32(27(28)14-15-44-34)57-17-16-47(29)5)21-48(30)35(51)31(23(2)18-22)49(37(53)54)38(3,4)40(41,42)43/h7,9,12-15,22-26,30-31H,6,8,10-11,16-21H2,1-5H3,(H,45,50)(H,46,52)(H,53,54)/t22-,23-,24-,25-,30+,31+,39-/m1/s1. The van der Waals surface area contributed by atoms with E-state index >= 15 is 4.79 Å². The third-order valence-electron chi connectivity index (χ3n) is 12.6. The molecule has 19 heteroatoms. The molecular formula is C40H51F3N6O9S. The molecule has 2 saturated carbocycles. The summed E-state index contributed by atoms with van der Waals surface area (Å²) < 4.78 is 84.6. The Morgan fingerprint density at radius 3 is 2.51 bits per heavy atom. The van der Waals surface area contributed by atoms with Crippen LogP contribution in [0, 0.1) is 17.8 Å². The van der Waals surface area contributed by atoms with E-state index in [2.05, 4.69) is 15.0 Å². The maximum Gasteiger partial charge on any atom is 0.411 e. The first-order valence-electron chi connectivity index (χ1n) is 20.0. The highest BCUT2D eigenvalue weighted by Gasteiger charge is 2.63. The van der Waals surface area contributed by atoms with Crippen LogP contribution in [0.4, 0.5) is 23.7 Å². The summed E-state index contributed by atoms with van der Waals surface area (Å²) >= 11 is 0. The molecule has 3 N–H and O–H groups in total. The number of alkyl halides is 3. The minimum absolute atomic E-state index is 0.0607. The SMILES string of the molecule is C[C@@H]1CCC=C[C@@H]2C[C@@]2(C(=O)NS(=O)(=O)C2CC2)NC(=O)[C@@H]2C[C@@H](Oc3nccc4c5c(ccc34)N(C)CCO5)CN2C(=O)[C@@H](N(C(=O)O)C(C)(C)C(F)(F)F)[C@H](C)C1. The van der Waals surface area contributed by atoms with Crippen molar-refractivity contribution < 1.29 is 55.3 Å². The largest absolute Gasteiger partial charge is 0.489 e. The van der Waals surface area contributed by atoms with E-state index in [1.165, 1.54) is 13.1 Å². The van der Waals surface area contributed by atoms with E-state index in [1.54, 1.807) is 18.2 Å². The lowest BCUT2D eigenvalue weighted by atomic mass is 9.85. The molecule has 59 heavy (non-hydrogen) atoms. The molecule has 0 radical (unpaired) electrons. The Kier molecular flexibility index (Phi) is 11.0. The number of nitrogens with zero attached hydrogens (tertiary/aromatic N) is 4. The highest BCUT2D eigenvalue weighted by atomic mass is 32.2. The number of rotatable bonds is 7. The zero-order valence-electron chi connectivity index (χ0n) is 33.6. The lowest BCUT2D eigenvalue weighted by Gasteiger charge is -2.45. The molecule has 1 aromatic carbocycles. The van der Waals surface area contributed by atoms with Crippen molar-refractivity contribution in [2.45, 2.75) is 113 Å². The smallest absolute Gasteiger partial charge is 0.411 e. The molecule has 4 heterocycles. The predicted molar refractivity (Wildman–Crippen MR) is 209 cm³/mol. The highest BCUT2D eigenvalue weighted by molar-refractivity contribution is 7.91. The minimum Gasteiger partial charge on any atom is -0.489 e. The molecule has 1 saturated heterocycles. The van der Waals surface area contributed by atoms with Gasteiger partial charge in [-0.1, -0.05) is 26.0 Å². The van der Waals surface area contributed by atoms with Crippen LogP contribution in [0.3, 0.4) is 0 Å². The van der Waals surface area contributed by atoms with Gasteiger partial charge in [0.1, 0.15) is 35.9 Å². The van der Waals surface area contributed by atoms with Gasteiger partial charge >= 0.3 is 12.3 Å². The summed E-state index contributed by atoms with van der Waals surface area (Å²) in [5.74, 6) is -3.81. The monoisotopic (exact) mass is 848 g/mol. The van der Waals surface area contributed by atoms with Gasteiger partial charge in [0.05, 0.1) is 24.0 Å². The minimum atomic E-state index is -5.09. The first-order valence-corrected chi connectivity index (χ1v) is 21.6. The van der Waals surface area contributed by atoms with E-state index < -0.39 is 86.4 Å². The van der Waals surface area contributed by atoms with Crippen molar-refractivity contribution in [2.75, 3.05) is 31.6 Å². The van der Waals surface area contributed by atoms with E-state index in [0.29, 0.717) is 69.2 Å². The lowest BCUT2D eigenvalue weighted by Crippen LogP contribution is -2.66. The normalized spacial score (nSPS) is 29.2. The van der Waals surface area contributed by atoms with Crippen LogP contribution in [0.2, 0.25) is 0 Å². The van der Waals surface area contributed by atoms with Gasteiger partial charge in [0.15, 0.2) is 5.75 Å². The zero-order valence-corrected chi connectivity index (χ0v) is 34.4. The fourth-order valence-corrected chi connectivity index (χ4v) is 10.1. The lowest BCUT2D eigenvalue weighted by molar-refractivity contribution is -0.222. The molecule has 7 rings (SSSR count). The molecule has 1 aromatic heterocycles. The molecule has 7 atom stereocenters. The van der Waals surface area contributed by atoms with Gasteiger partial charge in [-0.25, -0.2) is 18.2 Å². The molecule has 2 aliphatic carbocycles. The van der Waals surface area contributed by atoms with Gasteiger partial charge in [-0.2, -0.15) is 13.2 Å². The Morgan fingerprint density at radius 1 is 1.10 bits per heavy atom. The number of sulfonamides is 1. The number of halogens is 3. The molecular weight excluding hydrogens is 798 g/mol. The molecule has 3 fully saturated rings. The van der Waals surface area contributed by atoms with Gasteiger partial charge in [-0.3, -0.25) is 24.0 Å². The van der Waals surface area contributed by atoms with Crippen LogP contribution in [0.1, 0.15) is 72.6 Å². The second-order valence-corrected chi connectivity index (χ2v) is 19.3. The number of carboxylic acid groups (broad SMARTS) is 1. The fraction of sp³-hybridized carbons (Fsp3) is 0.625. The van der Waals surface area contributed by atoms with Crippen molar-refractivity contribution in [1.82, 2.24) is 24.8 Å². The first kappa shape index (κ1) is 42.3. The van der Waals surface area contributed by atoms with Gasteiger partial charge in [0.25, 0.3) is 5.91 Å². The molecule has 322 valence electrons. The quantitative estimate of drug-likeness (QED) is 0.331. The van der Waals surface area contributed by atoms with Crippen LogP contribution in [0.5, 0.6) is 11.6 Å². The summed E-state index contributed by atoms with van der Waals surface area (Å²) in [5.41, 5.74) is -3.88. The summed E-state index contributed by atoms with van der Waals surface area (Å²) in [5, 5.41) is 13.7. The molecule has 0 spiro atoms. The number of hydrogen-bond donors (Lipinski definition) is 3. The molecule has 5 aliphatic rings. The molecule has 15 nitrogen and oxygen atoms in total. The Balaban J connectivity index is 1.29. The molecule has 2 aromatic rings. The topological polar surface area (TPSA) is 188 Å². The molecule has 0 bridgehead atoms. The number of anilines is 1. The van der Waals surface area contributed by atoms with E-state index in [4.69, 9.17) is 9.47 Å². The second-order valence-electron chi connectivity index (χ2n) is 17.3. The maximum atomic E-state index is 15.0. The van der Waals surface area contributed by atoms with Crippen molar-refractivity contribution in [2.24, 2.45) is 17.8 Å². The number of benzene rings is 1. The molecule has 3 aliphatic heterocycles. The van der Waals surface area contributed by atoms with Gasteiger partial charge in [-0.15, -0.1) is 0 Å². The maximum absolute atomic E-state index is 15.0. The predicted octanol–water partition coefficient (Wildman–Crippen LogP) is 4.60. The van der Waals surface area contributed by atoms with E-state index in [9.17, 15) is 41.1 Å².